The summed E-state index contributed by atoms with van der Waals surface area (Å²) in [5.41, 5.74) is 0. The van der Waals surface area contributed by atoms with Crippen LogP contribution >= 0.6 is 0 Å². The van der Waals surface area contributed by atoms with E-state index in [-0.39, 0.29) is 24.9 Å². The normalized spacial score (nSPS) is 14.1. The molecule has 1 amide bonds. The molecule has 6 heteroatoms. The van der Waals surface area contributed by atoms with Crippen molar-refractivity contribution < 1.29 is 24.5 Å². The van der Waals surface area contributed by atoms with Crippen LogP contribution in [0.2, 0.25) is 0 Å². The molecule has 0 aliphatic heterocycles. The molecule has 0 heterocycles. The predicted octanol–water partition coefficient (Wildman–Crippen LogP) is 15.3. The van der Waals surface area contributed by atoms with Gasteiger partial charge in [-0.2, -0.15) is 0 Å². The molecule has 0 radical (unpaired) electrons. The molecule has 354 valence electrons. The molecule has 0 aromatic rings. The molecule has 0 spiro atoms. The summed E-state index contributed by atoms with van der Waals surface area (Å²) in [5, 5.41) is 23.7. The minimum atomic E-state index is -0.819. The van der Waals surface area contributed by atoms with E-state index in [0.29, 0.717) is 19.3 Å². The molecule has 6 nitrogen and oxygen atoms in total. The Morgan fingerprint density at radius 1 is 0.500 bits per heavy atom. The smallest absolute Gasteiger partial charge is 0.306 e. The highest BCUT2D eigenvalue weighted by molar-refractivity contribution is 5.77. The lowest BCUT2D eigenvalue weighted by Gasteiger charge is -2.24. The minimum Gasteiger partial charge on any atom is -0.461 e. The molecule has 62 heavy (non-hydrogen) atoms. The van der Waals surface area contributed by atoms with Gasteiger partial charge in [0.15, 0.2) is 0 Å². The lowest BCUT2D eigenvalue weighted by atomic mass is 10.0. The quantitative estimate of drug-likeness (QED) is 0.0322. The zero-order chi connectivity index (χ0) is 45.2. The van der Waals surface area contributed by atoms with Crippen LogP contribution in [0.1, 0.15) is 220 Å². The number of amides is 1. The number of esters is 1. The van der Waals surface area contributed by atoms with Gasteiger partial charge in [0.1, 0.15) is 6.10 Å². The van der Waals surface area contributed by atoms with E-state index in [1.54, 1.807) is 0 Å². The highest BCUT2D eigenvalue weighted by Gasteiger charge is 2.23. The Kier molecular flexibility index (Phi) is 46.3. The second kappa shape index (κ2) is 48.8. The number of hydrogen-bond acceptors (Lipinski definition) is 5. The monoisotopic (exact) mass is 862 g/mol. The van der Waals surface area contributed by atoms with E-state index >= 15 is 0 Å². The summed E-state index contributed by atoms with van der Waals surface area (Å²) in [5.74, 6) is -0.601. The van der Waals surface area contributed by atoms with Gasteiger partial charge >= 0.3 is 5.97 Å². The van der Waals surface area contributed by atoms with E-state index in [0.717, 1.165) is 103 Å². The predicted molar refractivity (Wildman–Crippen MR) is 268 cm³/mol. The van der Waals surface area contributed by atoms with Gasteiger partial charge in [-0.05, 0) is 77.0 Å². The second-order valence-corrected chi connectivity index (χ2v) is 16.8. The summed E-state index contributed by atoms with van der Waals surface area (Å²) in [6.45, 7) is 6.21. The summed E-state index contributed by atoms with van der Waals surface area (Å²) in [4.78, 5) is 26.1. The van der Waals surface area contributed by atoms with Crippen molar-refractivity contribution in [3.05, 3.63) is 97.2 Å². The average Bonchev–Trinajstić information content (AvgIpc) is 3.26. The molecule has 3 atom stereocenters. The van der Waals surface area contributed by atoms with E-state index in [9.17, 15) is 19.8 Å². The van der Waals surface area contributed by atoms with Crippen LogP contribution in [0.15, 0.2) is 97.2 Å². The fraction of sp³-hybridized carbons (Fsp3) is 0.679. The molecular weight excluding hydrogens is 767 g/mol. The van der Waals surface area contributed by atoms with Gasteiger partial charge in [-0.25, -0.2) is 0 Å². The number of ether oxygens (including phenoxy) is 1. The molecule has 0 aromatic heterocycles. The molecule has 0 bridgehead atoms. The topological polar surface area (TPSA) is 95.9 Å². The Hall–Kier alpha value is -3.22. The summed E-state index contributed by atoms with van der Waals surface area (Å²) >= 11 is 0. The number of allylic oxidation sites excluding steroid dienone is 15. The first-order valence-corrected chi connectivity index (χ1v) is 25.5. The van der Waals surface area contributed by atoms with Crippen molar-refractivity contribution >= 4 is 11.9 Å². The molecule has 3 unspecified atom stereocenters. The zero-order valence-corrected chi connectivity index (χ0v) is 40.2. The van der Waals surface area contributed by atoms with Gasteiger partial charge in [-0.1, -0.05) is 221 Å². The molecule has 0 fully saturated rings. The Morgan fingerprint density at radius 2 is 0.903 bits per heavy atom. The lowest BCUT2D eigenvalue weighted by molar-refractivity contribution is -0.150. The Bertz CT molecular complexity index is 1240. The van der Waals surface area contributed by atoms with Crippen LogP contribution in [0, 0.1) is 0 Å². The first-order valence-electron chi connectivity index (χ1n) is 25.5. The van der Waals surface area contributed by atoms with E-state index in [2.05, 4.69) is 111 Å². The van der Waals surface area contributed by atoms with Gasteiger partial charge in [0.05, 0.1) is 25.2 Å². The third-order valence-electron chi connectivity index (χ3n) is 10.9. The lowest BCUT2D eigenvalue weighted by Crippen LogP contribution is -2.46. The van der Waals surface area contributed by atoms with Crippen LogP contribution in [0.3, 0.4) is 0 Å². The summed E-state index contributed by atoms with van der Waals surface area (Å²) in [7, 11) is 0. The molecule has 3 N–H and O–H groups in total. The SMILES string of the molecule is CC/C=C\C/C=C\C/C=C\C/C=C\C/C=C\CC(CC(=O)NC(CO)C(O)CCCCCCCCCCCCCC)OC(=O)CCCCCCCC/C=C/C/C=C/C/C=C/CC. The van der Waals surface area contributed by atoms with Crippen molar-refractivity contribution in [3.8, 4) is 0 Å². The zero-order valence-electron chi connectivity index (χ0n) is 40.2. The van der Waals surface area contributed by atoms with Gasteiger partial charge in [0.25, 0.3) is 0 Å². The Labute approximate surface area is 382 Å². The van der Waals surface area contributed by atoms with Crippen LogP contribution in [0.25, 0.3) is 0 Å². The molecule has 0 rings (SSSR count). The first kappa shape index (κ1) is 58.8. The summed E-state index contributed by atoms with van der Waals surface area (Å²) in [6, 6.07) is -0.739. The van der Waals surface area contributed by atoms with Crippen molar-refractivity contribution in [1.82, 2.24) is 5.32 Å². The van der Waals surface area contributed by atoms with Crippen molar-refractivity contribution in [2.75, 3.05) is 6.61 Å². The largest absolute Gasteiger partial charge is 0.461 e. The van der Waals surface area contributed by atoms with E-state index in [4.69, 9.17) is 4.74 Å². The highest BCUT2D eigenvalue weighted by Crippen LogP contribution is 2.16. The maximum atomic E-state index is 13.2. The van der Waals surface area contributed by atoms with Crippen LogP contribution in [-0.4, -0.2) is 46.9 Å². The van der Waals surface area contributed by atoms with E-state index in [1.807, 2.05) is 12.2 Å². The van der Waals surface area contributed by atoms with E-state index < -0.39 is 18.2 Å². The van der Waals surface area contributed by atoms with E-state index in [1.165, 1.54) is 70.6 Å². The van der Waals surface area contributed by atoms with Crippen LogP contribution in [0.4, 0.5) is 0 Å². The fourth-order valence-electron chi connectivity index (χ4n) is 7.11. The second-order valence-electron chi connectivity index (χ2n) is 16.8. The van der Waals surface area contributed by atoms with Gasteiger partial charge in [0, 0.05) is 12.8 Å². The van der Waals surface area contributed by atoms with Crippen molar-refractivity contribution in [2.24, 2.45) is 0 Å². The molecular formula is C56H95NO5. The van der Waals surface area contributed by atoms with Gasteiger partial charge in [0.2, 0.25) is 5.91 Å². The van der Waals surface area contributed by atoms with Gasteiger partial charge < -0.3 is 20.3 Å². The summed E-state index contributed by atoms with van der Waals surface area (Å²) in [6.07, 6.45) is 64.8. The van der Waals surface area contributed by atoms with Crippen LogP contribution in [0.5, 0.6) is 0 Å². The first-order chi connectivity index (χ1) is 30.5. The third kappa shape index (κ3) is 43.4. The van der Waals surface area contributed by atoms with Crippen molar-refractivity contribution in [2.45, 2.75) is 238 Å². The number of aliphatic hydroxyl groups excluding tert-OH is 2. The number of aliphatic hydroxyl groups is 2. The van der Waals surface area contributed by atoms with Crippen LogP contribution in [-0.2, 0) is 14.3 Å². The molecule has 0 aliphatic rings. The van der Waals surface area contributed by atoms with Crippen LogP contribution < -0.4 is 5.32 Å². The number of hydrogen-bond donors (Lipinski definition) is 3. The van der Waals surface area contributed by atoms with Crippen molar-refractivity contribution in [3.63, 3.8) is 0 Å². The Balaban J connectivity index is 4.76. The molecule has 0 aromatic carbocycles. The number of carbonyl (C=O) groups is 2. The average molecular weight is 862 g/mol. The highest BCUT2D eigenvalue weighted by atomic mass is 16.5. The maximum absolute atomic E-state index is 13.2. The number of unbranched alkanes of at least 4 members (excludes halogenated alkanes) is 17. The third-order valence-corrected chi connectivity index (χ3v) is 10.9. The summed E-state index contributed by atoms with van der Waals surface area (Å²) < 4.78 is 5.86. The number of nitrogens with one attached hydrogen (secondary N) is 1. The maximum Gasteiger partial charge on any atom is 0.306 e. The fourth-order valence-corrected chi connectivity index (χ4v) is 7.11. The van der Waals surface area contributed by atoms with Crippen molar-refractivity contribution in [1.29, 1.82) is 0 Å². The Morgan fingerprint density at radius 3 is 1.37 bits per heavy atom. The molecule has 0 aliphatic carbocycles. The van der Waals surface area contributed by atoms with Gasteiger partial charge in [-0.3, -0.25) is 9.59 Å². The molecule has 0 saturated heterocycles. The minimum absolute atomic E-state index is 0.0110. The van der Waals surface area contributed by atoms with Gasteiger partial charge in [-0.15, -0.1) is 0 Å². The molecule has 0 saturated carbocycles. The number of carbonyl (C=O) groups excluding carboxylic acids is 2. The standard InChI is InChI=1S/C56H95NO5/c1-4-7-10-13-16-19-22-25-27-29-31-34-37-40-43-46-49-56(61)62-52(47-44-41-38-35-32-30-28-26-23-20-17-14-11-8-5-2)50-55(60)57-53(51-58)54(59)48-45-42-39-36-33-24-21-18-15-12-9-6-3/h7-8,10-11,16-17,19-20,25-28,32,35,41,44,52-54,58-59H,4-6,9,12-15,18,21-24,29-31,33-34,36-40,42-43,45-51H2,1-3H3,(H,57,60)/b10-7+,11-8-,19-16+,20-17-,27-25+,28-26-,35-32-,44-41-. The number of rotatable bonds is 44.